The van der Waals surface area contributed by atoms with E-state index in [2.05, 4.69) is 15.3 Å². The second-order valence-corrected chi connectivity index (χ2v) is 4.79. The van der Waals surface area contributed by atoms with Gasteiger partial charge in [-0.05, 0) is 37.1 Å². The van der Waals surface area contributed by atoms with Crippen molar-refractivity contribution in [2.75, 3.05) is 12.4 Å². The van der Waals surface area contributed by atoms with Crippen LogP contribution in [0.3, 0.4) is 0 Å². The molecule has 0 saturated heterocycles. The van der Waals surface area contributed by atoms with Crippen molar-refractivity contribution in [3.8, 4) is 5.75 Å². The van der Waals surface area contributed by atoms with Gasteiger partial charge in [-0.3, -0.25) is 4.79 Å². The third-order valence-electron chi connectivity index (χ3n) is 3.22. The Labute approximate surface area is 117 Å². The molecule has 3 rings (SSSR count). The monoisotopic (exact) mass is 269 g/mol. The minimum Gasteiger partial charge on any atom is -0.497 e. The number of carbonyl (C=O) groups is 1. The summed E-state index contributed by atoms with van der Waals surface area (Å²) in [6.07, 6.45) is 5.47. The molecule has 0 radical (unpaired) electrons. The summed E-state index contributed by atoms with van der Waals surface area (Å²) in [5.74, 6) is 1.87. The predicted molar refractivity (Wildman–Crippen MR) is 75.0 cm³/mol. The second kappa shape index (κ2) is 5.28. The van der Waals surface area contributed by atoms with E-state index in [9.17, 15) is 4.79 Å². The third kappa shape index (κ3) is 2.77. The van der Waals surface area contributed by atoms with Gasteiger partial charge in [0.05, 0.1) is 12.7 Å². The highest BCUT2D eigenvalue weighted by molar-refractivity contribution is 6.03. The molecule has 1 amide bonds. The van der Waals surface area contributed by atoms with Crippen molar-refractivity contribution in [1.29, 1.82) is 0 Å². The zero-order chi connectivity index (χ0) is 13.9. The fourth-order valence-corrected chi connectivity index (χ4v) is 1.89. The van der Waals surface area contributed by atoms with Gasteiger partial charge in [-0.1, -0.05) is 0 Å². The highest BCUT2D eigenvalue weighted by Crippen LogP contribution is 2.37. The van der Waals surface area contributed by atoms with E-state index in [1.807, 2.05) is 0 Å². The van der Waals surface area contributed by atoms with Crippen LogP contribution in [-0.4, -0.2) is 23.0 Å². The third-order valence-corrected chi connectivity index (χ3v) is 3.22. The predicted octanol–water partition coefficient (Wildman–Crippen LogP) is 2.61. The van der Waals surface area contributed by atoms with Crippen LogP contribution in [0.25, 0.3) is 0 Å². The summed E-state index contributed by atoms with van der Waals surface area (Å²) >= 11 is 0. The molecule has 0 aliphatic heterocycles. The number of hydrogen-bond acceptors (Lipinski definition) is 4. The second-order valence-electron chi connectivity index (χ2n) is 4.79. The quantitative estimate of drug-likeness (QED) is 0.926. The van der Waals surface area contributed by atoms with Gasteiger partial charge in [0.1, 0.15) is 11.6 Å². The molecule has 1 aromatic heterocycles. The average Bonchev–Trinajstić information content (AvgIpc) is 3.33. The molecule has 2 aromatic rings. The van der Waals surface area contributed by atoms with E-state index in [-0.39, 0.29) is 5.91 Å². The lowest BCUT2D eigenvalue weighted by molar-refractivity contribution is 0.102. The molecule has 1 heterocycles. The standard InChI is InChI=1S/C15H15N3O2/c1-20-13-6-4-12(5-7-13)18-15(19)11-8-16-14(17-9-11)10-2-3-10/h4-10H,2-3H2,1H3,(H,18,19). The van der Waals surface area contributed by atoms with Crippen LogP contribution in [-0.2, 0) is 0 Å². The zero-order valence-electron chi connectivity index (χ0n) is 11.2. The molecule has 1 N–H and O–H groups in total. The van der Waals surface area contributed by atoms with Gasteiger partial charge in [0, 0.05) is 24.0 Å². The smallest absolute Gasteiger partial charge is 0.258 e. The van der Waals surface area contributed by atoms with E-state index >= 15 is 0 Å². The number of rotatable bonds is 4. The van der Waals surface area contributed by atoms with Gasteiger partial charge in [0.2, 0.25) is 0 Å². The van der Waals surface area contributed by atoms with E-state index in [4.69, 9.17) is 4.74 Å². The Hall–Kier alpha value is -2.43. The number of hydrogen-bond donors (Lipinski definition) is 1. The first-order chi connectivity index (χ1) is 9.76. The van der Waals surface area contributed by atoms with Gasteiger partial charge >= 0.3 is 0 Å². The molecule has 1 fully saturated rings. The van der Waals surface area contributed by atoms with Gasteiger partial charge in [0.15, 0.2) is 0 Å². The minimum absolute atomic E-state index is 0.211. The largest absolute Gasteiger partial charge is 0.497 e. The van der Waals surface area contributed by atoms with Gasteiger partial charge in [-0.25, -0.2) is 9.97 Å². The molecule has 1 aliphatic carbocycles. The molecule has 5 heteroatoms. The van der Waals surface area contributed by atoms with Crippen LogP contribution in [0.1, 0.15) is 34.9 Å². The Kier molecular flexibility index (Phi) is 3.33. The zero-order valence-corrected chi connectivity index (χ0v) is 11.2. The number of anilines is 1. The Bertz CT molecular complexity index is 604. The molecule has 0 atom stereocenters. The molecule has 1 aromatic carbocycles. The fraction of sp³-hybridized carbons (Fsp3) is 0.267. The number of benzene rings is 1. The Morgan fingerprint density at radius 2 is 1.85 bits per heavy atom. The lowest BCUT2D eigenvalue weighted by atomic mass is 10.2. The van der Waals surface area contributed by atoms with E-state index in [1.165, 1.54) is 0 Å². The number of amides is 1. The van der Waals surface area contributed by atoms with Crippen molar-refractivity contribution in [3.05, 3.63) is 48.0 Å². The maximum absolute atomic E-state index is 12.0. The molecule has 0 spiro atoms. The van der Waals surface area contributed by atoms with Crippen molar-refractivity contribution in [3.63, 3.8) is 0 Å². The summed E-state index contributed by atoms with van der Waals surface area (Å²) in [7, 11) is 1.60. The molecular weight excluding hydrogens is 254 g/mol. The number of nitrogens with one attached hydrogen (secondary N) is 1. The van der Waals surface area contributed by atoms with Crippen LogP contribution in [0.4, 0.5) is 5.69 Å². The van der Waals surface area contributed by atoms with Crippen molar-refractivity contribution in [1.82, 2.24) is 9.97 Å². The fourth-order valence-electron chi connectivity index (χ4n) is 1.89. The van der Waals surface area contributed by atoms with Crippen molar-refractivity contribution in [2.45, 2.75) is 18.8 Å². The maximum atomic E-state index is 12.0. The molecule has 5 nitrogen and oxygen atoms in total. The van der Waals surface area contributed by atoms with Crippen LogP contribution in [0, 0.1) is 0 Å². The first-order valence-corrected chi connectivity index (χ1v) is 6.53. The van der Waals surface area contributed by atoms with E-state index in [1.54, 1.807) is 43.8 Å². The summed E-state index contributed by atoms with van der Waals surface area (Å²) in [4.78, 5) is 20.5. The van der Waals surface area contributed by atoms with E-state index in [0.29, 0.717) is 17.2 Å². The normalized spacial score (nSPS) is 13.8. The van der Waals surface area contributed by atoms with Gasteiger partial charge in [-0.15, -0.1) is 0 Å². The summed E-state index contributed by atoms with van der Waals surface area (Å²) in [5.41, 5.74) is 1.17. The number of aromatic nitrogens is 2. The minimum atomic E-state index is -0.211. The van der Waals surface area contributed by atoms with Crippen LogP contribution < -0.4 is 10.1 Å². The molecule has 1 aliphatic rings. The molecule has 20 heavy (non-hydrogen) atoms. The molecule has 0 bridgehead atoms. The highest BCUT2D eigenvalue weighted by Gasteiger charge is 2.26. The van der Waals surface area contributed by atoms with Crippen LogP contribution in [0.15, 0.2) is 36.7 Å². The molecule has 1 saturated carbocycles. The number of methoxy groups -OCH3 is 1. The summed E-state index contributed by atoms with van der Waals surface area (Å²) in [5, 5.41) is 2.80. The molecule has 102 valence electrons. The van der Waals surface area contributed by atoms with Crippen LogP contribution in [0.2, 0.25) is 0 Å². The van der Waals surface area contributed by atoms with E-state index in [0.717, 1.165) is 24.4 Å². The first-order valence-electron chi connectivity index (χ1n) is 6.53. The van der Waals surface area contributed by atoms with Crippen molar-refractivity contribution < 1.29 is 9.53 Å². The van der Waals surface area contributed by atoms with Crippen molar-refractivity contribution >= 4 is 11.6 Å². The Balaban J connectivity index is 1.68. The molecular formula is C15H15N3O2. The van der Waals surface area contributed by atoms with Gasteiger partial charge in [-0.2, -0.15) is 0 Å². The topological polar surface area (TPSA) is 64.1 Å². The number of ether oxygens (including phenoxy) is 1. The summed E-state index contributed by atoms with van der Waals surface area (Å²) in [6, 6.07) is 7.16. The van der Waals surface area contributed by atoms with Crippen molar-refractivity contribution in [2.24, 2.45) is 0 Å². The summed E-state index contributed by atoms with van der Waals surface area (Å²) < 4.78 is 5.07. The number of nitrogens with zero attached hydrogens (tertiary/aromatic N) is 2. The molecule has 0 unspecified atom stereocenters. The Morgan fingerprint density at radius 1 is 1.20 bits per heavy atom. The van der Waals surface area contributed by atoms with Crippen LogP contribution >= 0.6 is 0 Å². The Morgan fingerprint density at radius 3 is 2.40 bits per heavy atom. The summed E-state index contributed by atoms with van der Waals surface area (Å²) in [6.45, 7) is 0. The lowest BCUT2D eigenvalue weighted by Gasteiger charge is -2.06. The highest BCUT2D eigenvalue weighted by atomic mass is 16.5. The van der Waals surface area contributed by atoms with Gasteiger partial charge in [0.25, 0.3) is 5.91 Å². The lowest BCUT2D eigenvalue weighted by Crippen LogP contribution is -2.13. The maximum Gasteiger partial charge on any atom is 0.258 e. The first kappa shape index (κ1) is 12.6. The van der Waals surface area contributed by atoms with E-state index < -0.39 is 0 Å². The van der Waals surface area contributed by atoms with Gasteiger partial charge < -0.3 is 10.1 Å². The average molecular weight is 269 g/mol. The van der Waals surface area contributed by atoms with Crippen LogP contribution in [0.5, 0.6) is 5.75 Å². The SMILES string of the molecule is COc1ccc(NC(=O)c2cnc(C3CC3)nc2)cc1. The number of carbonyl (C=O) groups excluding carboxylic acids is 1.